The number of hydrogen-bond acceptors (Lipinski definition) is 5. The van der Waals surface area contributed by atoms with E-state index in [4.69, 9.17) is 11.6 Å². The van der Waals surface area contributed by atoms with E-state index in [1.54, 1.807) is 11.3 Å². The van der Waals surface area contributed by atoms with Crippen molar-refractivity contribution in [2.75, 3.05) is 0 Å². The van der Waals surface area contributed by atoms with E-state index >= 15 is 0 Å². The summed E-state index contributed by atoms with van der Waals surface area (Å²) in [6.07, 6.45) is 0.976. The fourth-order valence-electron chi connectivity index (χ4n) is 3.86. The third-order valence-corrected chi connectivity index (χ3v) is 6.43. The molecule has 1 aliphatic heterocycles. The van der Waals surface area contributed by atoms with Gasteiger partial charge < -0.3 is 5.32 Å². The second kappa shape index (κ2) is 6.90. The monoisotopic (exact) mass is 402 g/mol. The Labute approximate surface area is 164 Å². The number of ketones is 1. The fourth-order valence-corrected chi connectivity index (χ4v) is 4.94. The molecule has 1 N–H and O–H groups in total. The number of nitrogens with zero attached hydrogens (tertiary/aromatic N) is 1. The maximum Gasteiger partial charge on any atom is 0.269 e. The Bertz CT molecular complexity index is 984. The van der Waals surface area contributed by atoms with E-state index in [0.717, 1.165) is 4.88 Å². The number of amides is 1. The van der Waals surface area contributed by atoms with Gasteiger partial charge in [0.05, 0.1) is 4.92 Å². The fraction of sp³-hybridized carbons (Fsp3) is 0.263. The van der Waals surface area contributed by atoms with Gasteiger partial charge in [0, 0.05) is 58.0 Å². The lowest BCUT2D eigenvalue weighted by molar-refractivity contribution is -0.384. The van der Waals surface area contributed by atoms with Crippen LogP contribution in [0.4, 0.5) is 5.69 Å². The number of hydrogen-bond donors (Lipinski definition) is 1. The standard InChI is InChI=1S/C19H15ClN2O4S/c20-14-4-3-11(22(25)26)8-12(14)13-9-18(24)21-15-6-10(7-16(23)19(13)15)17-2-1-5-27-17/h1-5,8,10,13H,6-7,9H2,(H,21,24)/t10-,13-/m1/s1. The van der Waals surface area contributed by atoms with Crippen molar-refractivity contribution in [2.24, 2.45) is 0 Å². The van der Waals surface area contributed by atoms with Gasteiger partial charge in [0.2, 0.25) is 5.91 Å². The van der Waals surface area contributed by atoms with Crippen LogP contribution in [-0.2, 0) is 9.59 Å². The Balaban J connectivity index is 1.78. The third kappa shape index (κ3) is 3.28. The minimum atomic E-state index is -0.557. The number of carbonyl (C=O) groups excluding carboxylic acids is 2. The molecular weight excluding hydrogens is 388 g/mol. The molecule has 4 rings (SSSR count). The van der Waals surface area contributed by atoms with Gasteiger partial charge in [-0.25, -0.2) is 0 Å². The van der Waals surface area contributed by atoms with Gasteiger partial charge in [-0.2, -0.15) is 0 Å². The number of nitro benzene ring substituents is 1. The first kappa shape index (κ1) is 17.9. The first-order valence-corrected chi connectivity index (χ1v) is 9.73. The maximum atomic E-state index is 13.0. The molecule has 1 amide bonds. The van der Waals surface area contributed by atoms with Crippen molar-refractivity contribution in [3.63, 3.8) is 0 Å². The molecule has 0 fully saturated rings. The van der Waals surface area contributed by atoms with Crippen LogP contribution < -0.4 is 5.32 Å². The van der Waals surface area contributed by atoms with E-state index in [9.17, 15) is 19.7 Å². The van der Waals surface area contributed by atoms with Crippen LogP contribution in [0.1, 0.15) is 41.5 Å². The van der Waals surface area contributed by atoms with E-state index in [1.165, 1.54) is 18.2 Å². The van der Waals surface area contributed by atoms with Crippen LogP contribution in [0.3, 0.4) is 0 Å². The Morgan fingerprint density at radius 2 is 2.00 bits per heavy atom. The average Bonchev–Trinajstić information content (AvgIpc) is 3.15. The molecule has 1 aliphatic carbocycles. The molecule has 1 aromatic carbocycles. The highest BCUT2D eigenvalue weighted by atomic mass is 35.5. The van der Waals surface area contributed by atoms with E-state index in [-0.39, 0.29) is 29.7 Å². The van der Waals surface area contributed by atoms with Gasteiger partial charge in [-0.1, -0.05) is 17.7 Å². The summed E-state index contributed by atoms with van der Waals surface area (Å²) in [5, 5.41) is 16.3. The van der Waals surface area contributed by atoms with Gasteiger partial charge >= 0.3 is 0 Å². The van der Waals surface area contributed by atoms with Crippen molar-refractivity contribution in [3.8, 4) is 0 Å². The summed E-state index contributed by atoms with van der Waals surface area (Å²) in [5.74, 6) is -0.767. The van der Waals surface area contributed by atoms with Crippen molar-refractivity contribution >= 4 is 40.3 Å². The van der Waals surface area contributed by atoms with Crippen molar-refractivity contribution in [2.45, 2.75) is 31.1 Å². The number of rotatable bonds is 3. The summed E-state index contributed by atoms with van der Waals surface area (Å²) < 4.78 is 0. The predicted molar refractivity (Wildman–Crippen MR) is 102 cm³/mol. The van der Waals surface area contributed by atoms with Gasteiger partial charge in [0.1, 0.15) is 0 Å². The van der Waals surface area contributed by atoms with Crippen LogP contribution in [0, 0.1) is 10.1 Å². The van der Waals surface area contributed by atoms with Crippen LogP contribution in [-0.4, -0.2) is 16.6 Å². The van der Waals surface area contributed by atoms with Gasteiger partial charge in [0.15, 0.2) is 5.78 Å². The lowest BCUT2D eigenvalue weighted by atomic mass is 9.74. The lowest BCUT2D eigenvalue weighted by Gasteiger charge is -2.34. The van der Waals surface area contributed by atoms with E-state index in [0.29, 0.717) is 34.7 Å². The summed E-state index contributed by atoms with van der Waals surface area (Å²) >= 11 is 7.88. The number of nitro groups is 1. The van der Waals surface area contributed by atoms with Crippen LogP contribution in [0.15, 0.2) is 47.0 Å². The summed E-state index contributed by atoms with van der Waals surface area (Å²) in [6.45, 7) is 0. The first-order chi connectivity index (χ1) is 12.9. The molecular formula is C19H15ClN2O4S. The Hall–Kier alpha value is -2.51. The number of carbonyl (C=O) groups is 2. The summed E-state index contributed by atoms with van der Waals surface area (Å²) in [6, 6.07) is 8.07. The number of nitrogens with one attached hydrogen (secondary N) is 1. The molecule has 6 nitrogen and oxygen atoms in total. The van der Waals surface area contributed by atoms with E-state index in [2.05, 4.69) is 5.32 Å². The van der Waals surface area contributed by atoms with Gasteiger partial charge in [0.25, 0.3) is 5.69 Å². The second-order valence-electron chi connectivity index (χ2n) is 6.70. The highest BCUT2D eigenvalue weighted by molar-refractivity contribution is 7.10. The molecule has 0 spiro atoms. The van der Waals surface area contributed by atoms with E-state index in [1.807, 2.05) is 17.5 Å². The van der Waals surface area contributed by atoms with Crippen molar-refractivity contribution in [1.29, 1.82) is 0 Å². The Morgan fingerprint density at radius 1 is 1.19 bits per heavy atom. The zero-order valence-electron chi connectivity index (χ0n) is 14.1. The van der Waals surface area contributed by atoms with Crippen molar-refractivity contribution in [3.05, 3.63) is 72.6 Å². The molecule has 2 aliphatic rings. The number of non-ortho nitro benzene ring substituents is 1. The highest BCUT2D eigenvalue weighted by Crippen LogP contribution is 2.45. The second-order valence-corrected chi connectivity index (χ2v) is 8.09. The number of halogens is 1. The molecule has 0 saturated carbocycles. The Kier molecular flexibility index (Phi) is 4.57. The number of Topliss-reactive ketones (excluding diaryl/α,β-unsaturated/α-hetero) is 1. The maximum absolute atomic E-state index is 13.0. The molecule has 0 unspecified atom stereocenters. The SMILES string of the molecule is O=C1C[C@H](c2cc([N+](=O)[O-])ccc2Cl)C2=C(C[C@@H](c3cccs3)CC2=O)N1. The first-order valence-electron chi connectivity index (χ1n) is 8.47. The van der Waals surface area contributed by atoms with E-state index < -0.39 is 10.8 Å². The van der Waals surface area contributed by atoms with Crippen LogP contribution in [0.5, 0.6) is 0 Å². The summed E-state index contributed by atoms with van der Waals surface area (Å²) in [4.78, 5) is 37.0. The molecule has 2 heterocycles. The normalized spacial score (nSPS) is 22.4. The average molecular weight is 403 g/mol. The predicted octanol–water partition coefficient (Wildman–Crippen LogP) is 4.31. The molecule has 2 atom stereocenters. The molecule has 0 radical (unpaired) electrons. The van der Waals surface area contributed by atoms with Crippen LogP contribution >= 0.6 is 22.9 Å². The quantitative estimate of drug-likeness (QED) is 0.611. The zero-order valence-corrected chi connectivity index (χ0v) is 15.7. The topological polar surface area (TPSA) is 89.3 Å². The number of thiophene rings is 1. The highest BCUT2D eigenvalue weighted by Gasteiger charge is 2.39. The number of allylic oxidation sites excluding steroid dienone is 2. The zero-order chi connectivity index (χ0) is 19.1. The number of benzene rings is 1. The van der Waals surface area contributed by atoms with Gasteiger partial charge in [-0.15, -0.1) is 11.3 Å². The summed E-state index contributed by atoms with van der Waals surface area (Å²) in [7, 11) is 0. The molecule has 0 saturated heterocycles. The van der Waals surface area contributed by atoms with Gasteiger partial charge in [-0.3, -0.25) is 19.7 Å². The molecule has 8 heteroatoms. The van der Waals surface area contributed by atoms with Gasteiger partial charge in [-0.05, 0) is 29.5 Å². The minimum Gasteiger partial charge on any atom is -0.329 e. The lowest BCUT2D eigenvalue weighted by Crippen LogP contribution is -2.38. The summed E-state index contributed by atoms with van der Waals surface area (Å²) in [5.41, 5.74) is 1.50. The van der Waals surface area contributed by atoms with Crippen LogP contribution in [0.2, 0.25) is 5.02 Å². The Morgan fingerprint density at radius 3 is 2.70 bits per heavy atom. The van der Waals surface area contributed by atoms with Crippen LogP contribution in [0.25, 0.3) is 0 Å². The third-order valence-electron chi connectivity index (χ3n) is 5.05. The molecule has 0 bridgehead atoms. The smallest absolute Gasteiger partial charge is 0.269 e. The van der Waals surface area contributed by atoms with Crippen molar-refractivity contribution in [1.82, 2.24) is 5.32 Å². The largest absolute Gasteiger partial charge is 0.329 e. The molecule has 2 aromatic rings. The molecule has 138 valence electrons. The molecule has 1 aromatic heterocycles. The minimum absolute atomic E-state index is 0.0379. The molecule has 27 heavy (non-hydrogen) atoms. The van der Waals surface area contributed by atoms with Crippen molar-refractivity contribution < 1.29 is 14.5 Å².